The number of amides is 2. The Hall–Kier alpha value is -4.01. The normalized spacial score (nSPS) is 17.5. The number of hydrogen-bond acceptors (Lipinski definition) is 4. The lowest BCUT2D eigenvalue weighted by atomic mass is 9.82. The number of fused-ring (bicyclic) bond motifs is 1. The maximum Gasteiger partial charge on any atom is 0.573 e. The van der Waals surface area contributed by atoms with Gasteiger partial charge in [-0.3, -0.25) is 14.5 Å². The van der Waals surface area contributed by atoms with Gasteiger partial charge in [0, 0.05) is 24.2 Å². The Bertz CT molecular complexity index is 1240. The molecule has 1 atom stereocenters. The number of nitrogens with zero attached hydrogens (tertiary/aromatic N) is 1. The fourth-order valence-corrected chi connectivity index (χ4v) is 4.21. The van der Waals surface area contributed by atoms with Gasteiger partial charge in [-0.1, -0.05) is 30.3 Å². The highest BCUT2D eigenvalue weighted by Gasteiger charge is 2.47. The van der Waals surface area contributed by atoms with Crippen LogP contribution < -0.4 is 19.7 Å². The molecule has 6 nitrogen and oxygen atoms in total. The highest BCUT2D eigenvalue weighted by atomic mass is 19.4. The second-order valence-corrected chi connectivity index (χ2v) is 8.32. The first-order chi connectivity index (χ1) is 16.6. The topological polar surface area (TPSA) is 67.9 Å². The number of carbonyl (C=O) groups is 2. The molecule has 0 saturated heterocycles. The Balaban J connectivity index is 1.66. The molecule has 0 radical (unpaired) electrons. The fraction of sp³-hybridized carbons (Fsp3) is 0.231. The minimum absolute atomic E-state index is 0.202. The van der Waals surface area contributed by atoms with Crippen LogP contribution in [-0.4, -0.2) is 30.8 Å². The molecule has 0 saturated carbocycles. The van der Waals surface area contributed by atoms with Crippen LogP contribution in [0.3, 0.4) is 0 Å². The minimum Gasteiger partial charge on any atom is -0.497 e. The van der Waals surface area contributed by atoms with Crippen molar-refractivity contribution in [3.05, 3.63) is 89.5 Å². The average molecular weight is 484 g/mol. The second-order valence-electron chi connectivity index (χ2n) is 8.32. The van der Waals surface area contributed by atoms with E-state index in [4.69, 9.17) is 4.74 Å². The summed E-state index contributed by atoms with van der Waals surface area (Å²) < 4.78 is 46.9. The summed E-state index contributed by atoms with van der Waals surface area (Å²) in [5.41, 5.74) is 0.893. The van der Waals surface area contributed by atoms with Gasteiger partial charge in [-0.25, -0.2) is 0 Å². The van der Waals surface area contributed by atoms with Crippen molar-refractivity contribution in [2.75, 3.05) is 12.0 Å². The molecule has 4 rings (SSSR count). The van der Waals surface area contributed by atoms with Crippen LogP contribution in [0, 0.1) is 0 Å². The van der Waals surface area contributed by atoms with Crippen LogP contribution in [0.5, 0.6) is 11.5 Å². The van der Waals surface area contributed by atoms with E-state index < -0.39 is 29.5 Å². The highest BCUT2D eigenvalue weighted by molar-refractivity contribution is 6.14. The van der Waals surface area contributed by atoms with Gasteiger partial charge >= 0.3 is 6.36 Å². The van der Waals surface area contributed by atoms with Crippen molar-refractivity contribution in [2.24, 2.45) is 0 Å². The van der Waals surface area contributed by atoms with Gasteiger partial charge in [0.1, 0.15) is 17.0 Å². The van der Waals surface area contributed by atoms with Crippen molar-refractivity contribution >= 4 is 17.5 Å². The van der Waals surface area contributed by atoms with Crippen molar-refractivity contribution in [1.29, 1.82) is 0 Å². The van der Waals surface area contributed by atoms with Crippen LogP contribution in [0.1, 0.15) is 28.4 Å². The van der Waals surface area contributed by atoms with Crippen LogP contribution in [-0.2, 0) is 17.8 Å². The smallest absolute Gasteiger partial charge is 0.497 e. The van der Waals surface area contributed by atoms with Crippen molar-refractivity contribution in [3.8, 4) is 11.5 Å². The molecule has 2 amide bonds. The molecule has 0 aromatic heterocycles. The summed E-state index contributed by atoms with van der Waals surface area (Å²) in [5.74, 6) is -0.600. The molecule has 1 N–H and O–H groups in total. The predicted octanol–water partition coefficient (Wildman–Crippen LogP) is 4.87. The molecular formula is C26H23F3N2O4. The molecule has 1 heterocycles. The van der Waals surface area contributed by atoms with Crippen LogP contribution in [0.2, 0.25) is 0 Å². The Labute approximate surface area is 200 Å². The monoisotopic (exact) mass is 484 g/mol. The quantitative estimate of drug-likeness (QED) is 0.542. The number of rotatable bonds is 6. The summed E-state index contributed by atoms with van der Waals surface area (Å²) in [6.07, 6.45) is -4.62. The molecular weight excluding hydrogens is 461 g/mol. The van der Waals surface area contributed by atoms with Crippen LogP contribution in [0.4, 0.5) is 18.9 Å². The van der Waals surface area contributed by atoms with Gasteiger partial charge in [0.2, 0.25) is 5.91 Å². The number of benzene rings is 3. The first kappa shape index (κ1) is 24.1. The number of ether oxygens (including phenoxy) is 2. The third kappa shape index (κ3) is 5.08. The molecule has 0 unspecified atom stereocenters. The molecule has 0 fully saturated rings. The minimum atomic E-state index is -4.84. The number of methoxy groups -OCH3 is 1. The molecule has 1 aliphatic heterocycles. The maximum atomic E-state index is 13.5. The number of carbonyl (C=O) groups excluding carboxylic acids is 2. The number of hydrogen-bond donors (Lipinski definition) is 1. The Kier molecular flexibility index (Phi) is 6.43. The predicted molar refractivity (Wildman–Crippen MR) is 123 cm³/mol. The first-order valence-corrected chi connectivity index (χ1v) is 10.8. The van der Waals surface area contributed by atoms with E-state index in [1.807, 2.05) is 6.07 Å². The van der Waals surface area contributed by atoms with Crippen LogP contribution in [0.25, 0.3) is 0 Å². The average Bonchev–Trinajstić information content (AvgIpc) is 2.82. The van der Waals surface area contributed by atoms with E-state index in [2.05, 4.69) is 10.1 Å². The molecule has 3 aromatic carbocycles. The summed E-state index contributed by atoms with van der Waals surface area (Å²) in [6, 6.07) is 19.1. The van der Waals surface area contributed by atoms with Crippen molar-refractivity contribution in [3.63, 3.8) is 0 Å². The molecule has 1 aliphatic rings. The van der Waals surface area contributed by atoms with E-state index in [0.717, 1.165) is 17.7 Å². The largest absolute Gasteiger partial charge is 0.573 e. The lowest BCUT2D eigenvalue weighted by Crippen LogP contribution is -2.63. The molecule has 3 aromatic rings. The lowest BCUT2D eigenvalue weighted by molar-refractivity contribution is -0.274. The van der Waals surface area contributed by atoms with Gasteiger partial charge in [-0.05, 0) is 60.5 Å². The lowest BCUT2D eigenvalue weighted by Gasteiger charge is -2.44. The van der Waals surface area contributed by atoms with Gasteiger partial charge in [0.05, 0.1) is 7.11 Å². The summed E-state index contributed by atoms with van der Waals surface area (Å²) >= 11 is 0. The zero-order chi connectivity index (χ0) is 25.2. The Morgan fingerprint density at radius 3 is 2.43 bits per heavy atom. The van der Waals surface area contributed by atoms with Gasteiger partial charge in [-0.15, -0.1) is 13.2 Å². The second kappa shape index (κ2) is 9.32. The van der Waals surface area contributed by atoms with E-state index in [9.17, 15) is 22.8 Å². The zero-order valence-corrected chi connectivity index (χ0v) is 19.1. The number of alkyl halides is 3. The SMILES string of the molecule is COc1cccc(CNC(=O)[C@@]2(C)Cc3ccccc3C(=O)N2c2ccc(OC(F)(F)F)cc2)c1. The van der Waals surface area contributed by atoms with Gasteiger partial charge in [0.25, 0.3) is 5.91 Å². The van der Waals surface area contributed by atoms with Crippen LogP contribution >= 0.6 is 0 Å². The van der Waals surface area contributed by atoms with Gasteiger partial charge in [-0.2, -0.15) is 0 Å². The third-order valence-corrected chi connectivity index (χ3v) is 5.88. The van der Waals surface area contributed by atoms with E-state index in [1.165, 1.54) is 17.0 Å². The summed E-state index contributed by atoms with van der Waals surface area (Å²) in [7, 11) is 1.55. The molecule has 35 heavy (non-hydrogen) atoms. The molecule has 0 bridgehead atoms. The Morgan fingerprint density at radius 2 is 1.74 bits per heavy atom. The summed E-state index contributed by atoms with van der Waals surface area (Å²) in [4.78, 5) is 28.4. The van der Waals surface area contributed by atoms with E-state index >= 15 is 0 Å². The first-order valence-electron chi connectivity index (χ1n) is 10.8. The fourth-order valence-electron chi connectivity index (χ4n) is 4.21. The zero-order valence-electron chi connectivity index (χ0n) is 19.1. The van der Waals surface area contributed by atoms with Crippen LogP contribution in [0.15, 0.2) is 72.8 Å². The third-order valence-electron chi connectivity index (χ3n) is 5.88. The molecule has 0 aliphatic carbocycles. The van der Waals surface area contributed by atoms with E-state index in [-0.39, 0.29) is 18.7 Å². The molecule has 9 heteroatoms. The van der Waals surface area contributed by atoms with Crippen molar-refractivity contribution < 1.29 is 32.2 Å². The molecule has 0 spiro atoms. The van der Waals surface area contributed by atoms with Crippen molar-refractivity contribution in [2.45, 2.75) is 31.8 Å². The molecule has 182 valence electrons. The summed E-state index contributed by atoms with van der Waals surface area (Å²) in [6.45, 7) is 1.84. The van der Waals surface area contributed by atoms with Crippen molar-refractivity contribution in [1.82, 2.24) is 5.32 Å². The Morgan fingerprint density at radius 1 is 1.03 bits per heavy atom. The van der Waals surface area contributed by atoms with Gasteiger partial charge < -0.3 is 14.8 Å². The van der Waals surface area contributed by atoms with E-state index in [0.29, 0.717) is 16.9 Å². The number of nitrogens with one attached hydrogen (secondary N) is 1. The maximum absolute atomic E-state index is 13.5. The number of halogens is 3. The van der Waals surface area contributed by atoms with E-state index in [1.54, 1.807) is 56.5 Å². The highest BCUT2D eigenvalue weighted by Crippen LogP contribution is 2.36. The van der Waals surface area contributed by atoms with Gasteiger partial charge in [0.15, 0.2) is 0 Å². The summed E-state index contributed by atoms with van der Waals surface area (Å²) in [5, 5.41) is 2.89. The standard InChI is InChI=1S/C26H23F3N2O4/c1-25(24(33)30-16-17-6-5-8-21(14-17)34-2)15-18-7-3-4-9-22(18)23(32)31(25)19-10-12-20(13-11-19)35-26(27,28)29/h3-14H,15-16H2,1-2H3,(H,30,33)/t25-/m1/s1. The number of anilines is 1.